The normalized spacial score (nSPS) is 21.1. The first-order valence-corrected chi connectivity index (χ1v) is 7.05. The van der Waals surface area contributed by atoms with Gasteiger partial charge in [0.2, 0.25) is 5.91 Å². The number of carbonyl (C=O) groups is 2. The molecule has 1 aliphatic rings. The number of nitrogens with zero attached hydrogens (tertiary/aromatic N) is 1. The lowest BCUT2D eigenvalue weighted by Crippen LogP contribution is -2.54. The van der Waals surface area contributed by atoms with Gasteiger partial charge in [0.15, 0.2) is 0 Å². The van der Waals surface area contributed by atoms with Crippen molar-refractivity contribution in [1.29, 1.82) is 0 Å². The van der Waals surface area contributed by atoms with E-state index >= 15 is 0 Å². The van der Waals surface area contributed by atoms with E-state index in [4.69, 9.17) is 9.84 Å². The second kappa shape index (κ2) is 5.85. The molecule has 1 unspecified atom stereocenters. The highest BCUT2D eigenvalue weighted by Gasteiger charge is 2.33. The third-order valence-electron chi connectivity index (χ3n) is 3.48. The maximum atomic E-state index is 12.4. The molecule has 1 atom stereocenters. The molecular formula is C16H21NO4. The first-order chi connectivity index (χ1) is 9.77. The summed E-state index contributed by atoms with van der Waals surface area (Å²) >= 11 is 0. The van der Waals surface area contributed by atoms with Crippen molar-refractivity contribution in [2.75, 3.05) is 13.1 Å². The van der Waals surface area contributed by atoms with Crippen molar-refractivity contribution in [2.24, 2.45) is 0 Å². The van der Waals surface area contributed by atoms with Crippen LogP contribution in [0.25, 0.3) is 0 Å². The van der Waals surface area contributed by atoms with Crippen LogP contribution < -0.4 is 0 Å². The van der Waals surface area contributed by atoms with E-state index in [0.717, 1.165) is 5.56 Å². The fourth-order valence-electron chi connectivity index (χ4n) is 2.70. The van der Waals surface area contributed by atoms with Crippen LogP contribution in [0.4, 0.5) is 0 Å². The molecule has 1 saturated heterocycles. The Kier molecular flexibility index (Phi) is 4.32. The molecular weight excluding hydrogens is 270 g/mol. The summed E-state index contributed by atoms with van der Waals surface area (Å²) in [5.74, 6) is -0.919. The topological polar surface area (TPSA) is 66.8 Å². The Morgan fingerprint density at radius 3 is 2.48 bits per heavy atom. The second-order valence-corrected chi connectivity index (χ2v) is 6.14. The molecule has 1 amide bonds. The van der Waals surface area contributed by atoms with Crippen LogP contribution in [0.15, 0.2) is 24.3 Å². The van der Waals surface area contributed by atoms with Crippen LogP contribution in [0.3, 0.4) is 0 Å². The van der Waals surface area contributed by atoms with Gasteiger partial charge in [0.1, 0.15) is 0 Å². The van der Waals surface area contributed by atoms with E-state index in [1.165, 1.54) is 12.1 Å². The van der Waals surface area contributed by atoms with Crippen LogP contribution >= 0.6 is 0 Å². The lowest BCUT2D eigenvalue weighted by Gasteiger charge is -2.41. The van der Waals surface area contributed by atoms with Gasteiger partial charge in [-0.05, 0) is 38.5 Å². The van der Waals surface area contributed by atoms with Crippen LogP contribution in [-0.4, -0.2) is 46.7 Å². The molecule has 21 heavy (non-hydrogen) atoms. The molecule has 0 aromatic heterocycles. The van der Waals surface area contributed by atoms with E-state index < -0.39 is 5.97 Å². The van der Waals surface area contributed by atoms with Gasteiger partial charge in [0.05, 0.1) is 23.7 Å². The van der Waals surface area contributed by atoms with Gasteiger partial charge >= 0.3 is 5.97 Å². The molecule has 1 aliphatic heterocycles. The van der Waals surface area contributed by atoms with Crippen molar-refractivity contribution in [1.82, 2.24) is 4.90 Å². The van der Waals surface area contributed by atoms with Gasteiger partial charge in [-0.15, -0.1) is 0 Å². The molecule has 1 heterocycles. The van der Waals surface area contributed by atoms with E-state index in [1.54, 1.807) is 12.1 Å². The second-order valence-electron chi connectivity index (χ2n) is 6.14. The number of carbonyl (C=O) groups excluding carboxylic acids is 1. The minimum absolute atomic E-state index is 0.0205. The van der Waals surface area contributed by atoms with Gasteiger partial charge in [0.25, 0.3) is 0 Å². The standard InChI is InChI=1S/C16H21NO4/c1-11-9-17(10-16(2,3)21-11)14(18)8-12-4-6-13(7-5-12)15(19)20/h4-7,11H,8-10H2,1-3H3,(H,19,20). The smallest absolute Gasteiger partial charge is 0.335 e. The Morgan fingerprint density at radius 1 is 1.33 bits per heavy atom. The Balaban J connectivity index is 2.02. The maximum absolute atomic E-state index is 12.4. The number of benzene rings is 1. The predicted molar refractivity (Wildman–Crippen MR) is 78.3 cm³/mol. The third-order valence-corrected chi connectivity index (χ3v) is 3.48. The van der Waals surface area contributed by atoms with Crippen molar-refractivity contribution in [3.63, 3.8) is 0 Å². The average Bonchev–Trinajstić information content (AvgIpc) is 2.36. The summed E-state index contributed by atoms with van der Waals surface area (Å²) in [5.41, 5.74) is 0.717. The molecule has 1 aromatic carbocycles. The minimum Gasteiger partial charge on any atom is -0.478 e. The number of hydrogen-bond acceptors (Lipinski definition) is 3. The van der Waals surface area contributed by atoms with Crippen molar-refractivity contribution < 1.29 is 19.4 Å². The molecule has 0 spiro atoms. The highest BCUT2D eigenvalue weighted by atomic mass is 16.5. The van der Waals surface area contributed by atoms with E-state index in [0.29, 0.717) is 13.1 Å². The van der Waals surface area contributed by atoms with Crippen LogP contribution in [0.5, 0.6) is 0 Å². The Labute approximate surface area is 124 Å². The van der Waals surface area contributed by atoms with E-state index in [2.05, 4.69) is 0 Å². The zero-order valence-corrected chi connectivity index (χ0v) is 12.6. The number of hydrogen-bond donors (Lipinski definition) is 1. The number of carboxylic acid groups (broad SMARTS) is 1. The molecule has 1 aromatic rings. The number of aromatic carboxylic acids is 1. The fourth-order valence-corrected chi connectivity index (χ4v) is 2.70. The van der Waals surface area contributed by atoms with Crippen LogP contribution in [-0.2, 0) is 16.0 Å². The third kappa shape index (κ3) is 4.04. The summed E-state index contributed by atoms with van der Waals surface area (Å²) in [6, 6.07) is 6.43. The largest absolute Gasteiger partial charge is 0.478 e. The molecule has 0 aliphatic carbocycles. The minimum atomic E-state index is -0.961. The molecule has 0 radical (unpaired) electrons. The van der Waals surface area contributed by atoms with Gasteiger partial charge < -0.3 is 14.7 Å². The molecule has 0 saturated carbocycles. The first-order valence-electron chi connectivity index (χ1n) is 7.05. The summed E-state index contributed by atoms with van der Waals surface area (Å²) in [4.78, 5) is 25.0. The molecule has 5 nitrogen and oxygen atoms in total. The van der Waals surface area contributed by atoms with Crippen molar-refractivity contribution in [3.05, 3.63) is 35.4 Å². The summed E-state index contributed by atoms with van der Waals surface area (Å²) in [5, 5.41) is 8.86. The highest BCUT2D eigenvalue weighted by molar-refractivity contribution is 5.87. The Morgan fingerprint density at radius 2 is 1.95 bits per heavy atom. The molecule has 0 bridgehead atoms. The molecule has 2 rings (SSSR count). The maximum Gasteiger partial charge on any atom is 0.335 e. The molecule has 114 valence electrons. The van der Waals surface area contributed by atoms with E-state index in [9.17, 15) is 9.59 Å². The number of rotatable bonds is 3. The number of amides is 1. The summed E-state index contributed by atoms with van der Waals surface area (Å²) in [7, 11) is 0. The quantitative estimate of drug-likeness (QED) is 0.924. The van der Waals surface area contributed by atoms with Crippen LogP contribution in [0, 0.1) is 0 Å². The average molecular weight is 291 g/mol. The summed E-state index contributed by atoms with van der Waals surface area (Å²) in [6.07, 6.45) is 0.301. The highest BCUT2D eigenvalue weighted by Crippen LogP contribution is 2.21. The van der Waals surface area contributed by atoms with Crippen LogP contribution in [0.2, 0.25) is 0 Å². The van der Waals surface area contributed by atoms with E-state index in [-0.39, 0.29) is 29.6 Å². The zero-order valence-electron chi connectivity index (χ0n) is 12.6. The fraction of sp³-hybridized carbons (Fsp3) is 0.500. The van der Waals surface area contributed by atoms with E-state index in [1.807, 2.05) is 25.7 Å². The van der Waals surface area contributed by atoms with Gasteiger partial charge in [-0.25, -0.2) is 4.79 Å². The van der Waals surface area contributed by atoms with Gasteiger partial charge in [-0.2, -0.15) is 0 Å². The van der Waals surface area contributed by atoms with Gasteiger partial charge in [-0.1, -0.05) is 12.1 Å². The molecule has 1 fully saturated rings. The number of carboxylic acids is 1. The van der Waals surface area contributed by atoms with Gasteiger partial charge in [-0.3, -0.25) is 4.79 Å². The predicted octanol–water partition coefficient (Wildman–Crippen LogP) is 1.95. The lowest BCUT2D eigenvalue weighted by molar-refractivity contribution is -0.157. The Hall–Kier alpha value is -1.88. The monoisotopic (exact) mass is 291 g/mol. The van der Waals surface area contributed by atoms with Crippen LogP contribution in [0.1, 0.15) is 36.7 Å². The summed E-state index contributed by atoms with van der Waals surface area (Å²) in [6.45, 7) is 7.08. The van der Waals surface area contributed by atoms with Crippen molar-refractivity contribution in [3.8, 4) is 0 Å². The van der Waals surface area contributed by atoms with Crippen molar-refractivity contribution in [2.45, 2.75) is 38.9 Å². The zero-order chi connectivity index (χ0) is 15.6. The van der Waals surface area contributed by atoms with Crippen molar-refractivity contribution >= 4 is 11.9 Å². The molecule has 1 N–H and O–H groups in total. The number of morpholine rings is 1. The first kappa shape index (κ1) is 15.5. The lowest BCUT2D eigenvalue weighted by atomic mass is 10.0. The number of ether oxygens (including phenoxy) is 1. The Bertz CT molecular complexity index is 536. The molecule has 5 heteroatoms. The SMILES string of the molecule is CC1CN(C(=O)Cc2ccc(C(=O)O)cc2)CC(C)(C)O1. The van der Waals surface area contributed by atoms with Gasteiger partial charge in [0, 0.05) is 13.1 Å². The summed E-state index contributed by atoms with van der Waals surface area (Å²) < 4.78 is 5.79.